The molecule has 29 heavy (non-hydrogen) atoms. The van der Waals surface area contributed by atoms with E-state index in [0.717, 1.165) is 6.42 Å². The Bertz CT molecular complexity index is 680. The summed E-state index contributed by atoms with van der Waals surface area (Å²) in [5, 5.41) is 38.5. The highest BCUT2D eigenvalue weighted by Crippen LogP contribution is 2.18. The highest BCUT2D eigenvalue weighted by molar-refractivity contribution is 5.83. The van der Waals surface area contributed by atoms with Crippen molar-refractivity contribution in [1.82, 2.24) is 26.1 Å². The minimum absolute atomic E-state index is 0.0116. The monoisotopic (exact) mass is 416 g/mol. The van der Waals surface area contributed by atoms with Crippen molar-refractivity contribution in [3.8, 4) is 0 Å². The van der Waals surface area contributed by atoms with E-state index in [4.69, 9.17) is 20.5 Å². The van der Waals surface area contributed by atoms with E-state index < -0.39 is 42.8 Å². The maximum Gasteiger partial charge on any atom is 0.328 e. The van der Waals surface area contributed by atoms with Gasteiger partial charge in [0, 0.05) is 13.0 Å². The van der Waals surface area contributed by atoms with Gasteiger partial charge in [0.05, 0.1) is 18.8 Å². The van der Waals surface area contributed by atoms with Crippen LogP contribution in [0, 0.1) is 0 Å². The Balaban J connectivity index is 2.89. The summed E-state index contributed by atoms with van der Waals surface area (Å²) < 4.78 is 5.07. The van der Waals surface area contributed by atoms with Gasteiger partial charge < -0.3 is 41.5 Å². The van der Waals surface area contributed by atoms with Crippen molar-refractivity contribution in [2.24, 2.45) is 5.73 Å². The number of amides is 3. The van der Waals surface area contributed by atoms with Gasteiger partial charge in [-0.15, -0.1) is 0 Å². The van der Waals surface area contributed by atoms with Crippen LogP contribution >= 0.6 is 0 Å². The van der Waals surface area contributed by atoms with E-state index in [-0.39, 0.29) is 30.5 Å². The average Bonchev–Trinajstić information content (AvgIpc) is 3.16. The molecule has 4 atom stereocenters. The van der Waals surface area contributed by atoms with Crippen molar-refractivity contribution in [1.29, 1.82) is 0 Å². The standard InChI is InChI=1S/C16H28N6O7/c1-3-6-18-11(25)5-4-10(14-21-13(22-29-14)9(17)7-23)19-16(28)20-12(8(2)24)15(26)27/h8-10,12,23-24H,3-7,17H2,1-2H3,(H,18,25)(H,26,27)(H2,19,20,28)/t8-,9-,10-,12-/m0/s1. The SMILES string of the molecule is CCCNC(=O)CC[C@H](NC(=O)N[C@H](C(=O)O)[C@H](C)O)c1nc([C@@H](N)CO)no1. The molecule has 1 aromatic heterocycles. The molecule has 13 heteroatoms. The lowest BCUT2D eigenvalue weighted by molar-refractivity contribution is -0.141. The number of hydrogen-bond donors (Lipinski definition) is 7. The Kier molecular flexibility index (Phi) is 9.99. The van der Waals surface area contributed by atoms with Crippen molar-refractivity contribution < 1.29 is 34.2 Å². The minimum atomic E-state index is -1.54. The second-order valence-electron chi connectivity index (χ2n) is 6.40. The van der Waals surface area contributed by atoms with Crippen LogP contribution in [0.5, 0.6) is 0 Å². The highest BCUT2D eigenvalue weighted by atomic mass is 16.5. The van der Waals surface area contributed by atoms with Crippen molar-refractivity contribution in [2.75, 3.05) is 13.2 Å². The molecule has 0 fully saturated rings. The smallest absolute Gasteiger partial charge is 0.328 e. The quantitative estimate of drug-likeness (QED) is 0.210. The fourth-order valence-electron chi connectivity index (χ4n) is 2.24. The largest absolute Gasteiger partial charge is 0.480 e. The van der Waals surface area contributed by atoms with E-state index in [9.17, 15) is 19.5 Å². The Morgan fingerprint density at radius 1 is 1.28 bits per heavy atom. The van der Waals surface area contributed by atoms with Gasteiger partial charge in [0.1, 0.15) is 6.04 Å². The first-order valence-corrected chi connectivity index (χ1v) is 9.14. The fourth-order valence-corrected chi connectivity index (χ4v) is 2.24. The number of nitrogens with zero attached hydrogens (tertiary/aromatic N) is 2. The number of carboxylic acids is 1. The number of aliphatic carboxylic acids is 1. The number of urea groups is 1. The van der Waals surface area contributed by atoms with Crippen LogP contribution in [0.25, 0.3) is 0 Å². The molecule has 0 unspecified atom stereocenters. The van der Waals surface area contributed by atoms with Gasteiger partial charge >= 0.3 is 12.0 Å². The Morgan fingerprint density at radius 2 is 1.97 bits per heavy atom. The number of carbonyl (C=O) groups excluding carboxylic acids is 2. The predicted octanol–water partition coefficient (Wildman–Crippen LogP) is -1.46. The normalized spacial score (nSPS) is 15.1. The number of rotatable bonds is 12. The molecule has 3 amide bonds. The molecule has 0 aromatic carbocycles. The van der Waals surface area contributed by atoms with Crippen LogP contribution in [0.1, 0.15) is 56.9 Å². The van der Waals surface area contributed by atoms with Gasteiger partial charge in [-0.05, 0) is 19.8 Å². The van der Waals surface area contributed by atoms with Gasteiger partial charge in [0.15, 0.2) is 11.9 Å². The van der Waals surface area contributed by atoms with Crippen molar-refractivity contribution in [3.63, 3.8) is 0 Å². The number of aliphatic hydroxyl groups excluding tert-OH is 2. The van der Waals surface area contributed by atoms with Gasteiger partial charge in [0.2, 0.25) is 11.8 Å². The number of carboxylic acid groups (broad SMARTS) is 1. The third-order valence-electron chi connectivity index (χ3n) is 3.86. The van der Waals surface area contributed by atoms with E-state index in [1.165, 1.54) is 6.92 Å². The minimum Gasteiger partial charge on any atom is -0.480 e. The summed E-state index contributed by atoms with van der Waals surface area (Å²) in [6.07, 6.45) is -0.481. The van der Waals surface area contributed by atoms with Gasteiger partial charge in [-0.25, -0.2) is 9.59 Å². The van der Waals surface area contributed by atoms with E-state index in [0.29, 0.717) is 6.54 Å². The van der Waals surface area contributed by atoms with E-state index in [1.54, 1.807) is 0 Å². The van der Waals surface area contributed by atoms with E-state index >= 15 is 0 Å². The Labute approximate surface area is 167 Å². The molecule has 164 valence electrons. The lowest BCUT2D eigenvalue weighted by Gasteiger charge is -2.20. The summed E-state index contributed by atoms with van der Waals surface area (Å²) in [5.41, 5.74) is 5.63. The molecule has 13 nitrogen and oxygen atoms in total. The summed E-state index contributed by atoms with van der Waals surface area (Å²) in [6.45, 7) is 3.20. The zero-order chi connectivity index (χ0) is 22.0. The van der Waals surface area contributed by atoms with Crippen molar-refractivity contribution in [2.45, 2.75) is 57.3 Å². The van der Waals surface area contributed by atoms with Crippen LogP contribution in [-0.4, -0.2) is 68.7 Å². The van der Waals surface area contributed by atoms with Crippen molar-refractivity contribution >= 4 is 17.9 Å². The molecule has 0 aliphatic heterocycles. The van der Waals surface area contributed by atoms with Crippen LogP contribution in [0.3, 0.4) is 0 Å². The van der Waals surface area contributed by atoms with Crippen LogP contribution in [0.4, 0.5) is 4.79 Å². The van der Waals surface area contributed by atoms with Crippen LogP contribution < -0.4 is 21.7 Å². The van der Waals surface area contributed by atoms with Crippen molar-refractivity contribution in [3.05, 3.63) is 11.7 Å². The molecule has 1 aromatic rings. The fraction of sp³-hybridized carbons (Fsp3) is 0.688. The molecule has 0 saturated heterocycles. The van der Waals surface area contributed by atoms with Crippen LogP contribution in [0.15, 0.2) is 4.52 Å². The Morgan fingerprint density at radius 3 is 2.52 bits per heavy atom. The van der Waals surface area contributed by atoms with Gasteiger partial charge in [-0.2, -0.15) is 4.98 Å². The lowest BCUT2D eigenvalue weighted by atomic mass is 10.1. The van der Waals surface area contributed by atoms with Crippen LogP contribution in [-0.2, 0) is 9.59 Å². The molecule has 0 radical (unpaired) electrons. The number of nitrogens with one attached hydrogen (secondary N) is 3. The molecule has 0 aliphatic carbocycles. The molecular formula is C16H28N6O7. The zero-order valence-corrected chi connectivity index (χ0v) is 16.3. The number of aromatic nitrogens is 2. The summed E-state index contributed by atoms with van der Waals surface area (Å²) in [7, 11) is 0. The second kappa shape index (κ2) is 11.9. The molecule has 1 rings (SSSR count). The predicted molar refractivity (Wildman–Crippen MR) is 98.4 cm³/mol. The maximum atomic E-state index is 12.2. The summed E-state index contributed by atoms with van der Waals surface area (Å²) >= 11 is 0. The first-order chi connectivity index (χ1) is 13.7. The average molecular weight is 416 g/mol. The second-order valence-corrected chi connectivity index (χ2v) is 6.40. The van der Waals surface area contributed by atoms with E-state index in [2.05, 4.69) is 26.1 Å². The number of nitrogens with two attached hydrogens (primary N) is 1. The number of aliphatic hydroxyl groups is 2. The topological polar surface area (TPSA) is 213 Å². The third kappa shape index (κ3) is 8.01. The Hall–Kier alpha value is -2.77. The van der Waals surface area contributed by atoms with Gasteiger partial charge in [-0.3, -0.25) is 4.79 Å². The molecule has 0 saturated carbocycles. The molecular weight excluding hydrogens is 388 g/mol. The third-order valence-corrected chi connectivity index (χ3v) is 3.86. The molecule has 0 aliphatic rings. The highest BCUT2D eigenvalue weighted by Gasteiger charge is 2.28. The zero-order valence-electron chi connectivity index (χ0n) is 16.3. The summed E-state index contributed by atoms with van der Waals surface area (Å²) in [4.78, 5) is 39.2. The molecule has 8 N–H and O–H groups in total. The number of hydrogen-bond acceptors (Lipinski definition) is 9. The molecule has 0 bridgehead atoms. The molecule has 1 heterocycles. The first-order valence-electron chi connectivity index (χ1n) is 9.14. The maximum absolute atomic E-state index is 12.2. The van der Waals surface area contributed by atoms with Gasteiger partial charge in [-0.1, -0.05) is 12.1 Å². The number of carbonyl (C=O) groups is 3. The van der Waals surface area contributed by atoms with Gasteiger partial charge in [0.25, 0.3) is 0 Å². The van der Waals surface area contributed by atoms with Crippen LogP contribution in [0.2, 0.25) is 0 Å². The summed E-state index contributed by atoms with van der Waals surface area (Å²) in [6, 6.07) is -4.27. The van der Waals surface area contributed by atoms with E-state index in [1.807, 2.05) is 6.92 Å². The summed E-state index contributed by atoms with van der Waals surface area (Å²) in [5.74, 6) is -1.72. The lowest BCUT2D eigenvalue weighted by Crippen LogP contribution is -2.51. The first kappa shape index (κ1) is 24.3. The molecule has 0 spiro atoms.